The van der Waals surface area contributed by atoms with Gasteiger partial charge in [-0.15, -0.1) is 11.3 Å². The van der Waals surface area contributed by atoms with E-state index in [1.807, 2.05) is 5.38 Å². The Morgan fingerprint density at radius 3 is 2.94 bits per heavy atom. The summed E-state index contributed by atoms with van der Waals surface area (Å²) in [7, 11) is 0. The third-order valence-corrected chi connectivity index (χ3v) is 4.90. The molecule has 0 radical (unpaired) electrons. The van der Waals surface area contributed by atoms with Crippen molar-refractivity contribution in [3.63, 3.8) is 0 Å². The van der Waals surface area contributed by atoms with Gasteiger partial charge in [0.05, 0.1) is 5.02 Å². The van der Waals surface area contributed by atoms with Crippen LogP contribution in [0.4, 0.5) is 0 Å². The van der Waals surface area contributed by atoms with Crippen molar-refractivity contribution in [2.24, 2.45) is 11.8 Å². The normalized spacial score (nSPS) is 25.9. The molecule has 0 saturated heterocycles. The number of nitrogens with one attached hydrogen (secondary N) is 1. The molecule has 1 aromatic heterocycles. The lowest BCUT2D eigenvalue weighted by Crippen LogP contribution is -2.28. The lowest BCUT2D eigenvalue weighted by molar-refractivity contribution is 0.248. The molecule has 16 heavy (non-hydrogen) atoms. The van der Waals surface area contributed by atoms with Gasteiger partial charge in [-0.05, 0) is 30.9 Å². The second kappa shape index (κ2) is 6.04. The quantitative estimate of drug-likeness (QED) is 0.847. The van der Waals surface area contributed by atoms with E-state index < -0.39 is 0 Å². The van der Waals surface area contributed by atoms with Crippen LogP contribution in [0, 0.1) is 11.8 Å². The van der Waals surface area contributed by atoms with Gasteiger partial charge in [-0.1, -0.05) is 37.8 Å². The number of hydrogen-bond donors (Lipinski definition) is 1. The van der Waals surface area contributed by atoms with Gasteiger partial charge in [-0.3, -0.25) is 0 Å². The Hall–Kier alpha value is -0.0500. The third-order valence-electron chi connectivity index (χ3n) is 3.62. The van der Waals surface area contributed by atoms with Gasteiger partial charge in [-0.2, -0.15) is 0 Å². The van der Waals surface area contributed by atoms with Gasteiger partial charge < -0.3 is 5.32 Å². The van der Waals surface area contributed by atoms with Crippen LogP contribution in [0.15, 0.2) is 11.4 Å². The standard InChI is InChI=1S/C13H20ClNS/c1-10-4-2-3-5-11(10)7-15-8-13-6-12(14)9-16-13/h6,9-11,15H,2-5,7-8H2,1H3. The summed E-state index contributed by atoms with van der Waals surface area (Å²) in [4.78, 5) is 1.34. The SMILES string of the molecule is CC1CCCCC1CNCc1cc(Cl)cs1. The molecule has 90 valence electrons. The molecular weight excluding hydrogens is 238 g/mol. The lowest BCUT2D eigenvalue weighted by Gasteiger charge is -2.28. The molecule has 1 aliphatic carbocycles. The Balaban J connectivity index is 1.71. The molecule has 0 amide bonds. The zero-order valence-electron chi connectivity index (χ0n) is 9.84. The topological polar surface area (TPSA) is 12.0 Å². The van der Waals surface area contributed by atoms with Crippen LogP contribution in [-0.2, 0) is 6.54 Å². The smallest absolute Gasteiger partial charge is 0.0516 e. The van der Waals surface area contributed by atoms with Crippen LogP contribution < -0.4 is 5.32 Å². The minimum Gasteiger partial charge on any atom is -0.312 e. The number of hydrogen-bond acceptors (Lipinski definition) is 2. The zero-order valence-corrected chi connectivity index (χ0v) is 11.4. The summed E-state index contributed by atoms with van der Waals surface area (Å²) >= 11 is 7.64. The van der Waals surface area contributed by atoms with Crippen LogP contribution >= 0.6 is 22.9 Å². The van der Waals surface area contributed by atoms with E-state index in [2.05, 4.69) is 18.3 Å². The fourth-order valence-corrected chi connectivity index (χ4v) is 3.57. The predicted octanol–water partition coefficient (Wildman–Crippen LogP) is 4.32. The molecule has 1 N–H and O–H groups in total. The zero-order chi connectivity index (χ0) is 11.4. The summed E-state index contributed by atoms with van der Waals surface area (Å²) in [6.07, 6.45) is 5.66. The number of halogens is 1. The summed E-state index contributed by atoms with van der Waals surface area (Å²) in [5, 5.41) is 6.44. The molecule has 1 saturated carbocycles. The molecule has 2 unspecified atom stereocenters. The highest BCUT2D eigenvalue weighted by atomic mass is 35.5. The second-order valence-electron chi connectivity index (χ2n) is 4.88. The molecule has 1 fully saturated rings. The largest absolute Gasteiger partial charge is 0.312 e. The van der Waals surface area contributed by atoms with Crippen molar-refractivity contribution in [1.82, 2.24) is 5.32 Å². The van der Waals surface area contributed by atoms with E-state index in [9.17, 15) is 0 Å². The Morgan fingerprint density at radius 1 is 1.44 bits per heavy atom. The third kappa shape index (κ3) is 3.47. The van der Waals surface area contributed by atoms with E-state index in [0.29, 0.717) is 0 Å². The maximum atomic E-state index is 5.89. The van der Waals surface area contributed by atoms with Crippen molar-refractivity contribution in [3.8, 4) is 0 Å². The summed E-state index contributed by atoms with van der Waals surface area (Å²) < 4.78 is 0. The van der Waals surface area contributed by atoms with Crippen LogP contribution in [0.3, 0.4) is 0 Å². The molecule has 1 nitrogen and oxygen atoms in total. The monoisotopic (exact) mass is 257 g/mol. The van der Waals surface area contributed by atoms with Crippen molar-refractivity contribution in [2.45, 2.75) is 39.2 Å². The molecule has 2 atom stereocenters. The highest BCUT2D eigenvalue weighted by molar-refractivity contribution is 7.10. The van der Waals surface area contributed by atoms with Gasteiger partial charge in [0.15, 0.2) is 0 Å². The van der Waals surface area contributed by atoms with Gasteiger partial charge in [-0.25, -0.2) is 0 Å². The number of rotatable bonds is 4. The molecule has 3 heteroatoms. The van der Waals surface area contributed by atoms with Crippen molar-refractivity contribution in [2.75, 3.05) is 6.54 Å². The molecular formula is C13H20ClNS. The number of thiophene rings is 1. The highest BCUT2D eigenvalue weighted by Gasteiger charge is 2.20. The summed E-state index contributed by atoms with van der Waals surface area (Å²) in [6, 6.07) is 2.06. The molecule has 0 spiro atoms. The maximum Gasteiger partial charge on any atom is 0.0516 e. The molecule has 1 heterocycles. The van der Waals surface area contributed by atoms with Gasteiger partial charge in [0.1, 0.15) is 0 Å². The van der Waals surface area contributed by atoms with Crippen molar-refractivity contribution >= 4 is 22.9 Å². The minimum absolute atomic E-state index is 0.868. The van der Waals surface area contributed by atoms with Gasteiger partial charge >= 0.3 is 0 Å². The van der Waals surface area contributed by atoms with E-state index in [1.165, 1.54) is 30.6 Å². The van der Waals surface area contributed by atoms with Crippen LogP contribution in [0.1, 0.15) is 37.5 Å². The van der Waals surface area contributed by atoms with E-state index in [0.717, 1.165) is 29.9 Å². The Bertz CT molecular complexity index is 323. The summed E-state index contributed by atoms with van der Waals surface area (Å²) in [5.74, 6) is 1.78. The predicted molar refractivity (Wildman–Crippen MR) is 72.2 cm³/mol. The summed E-state index contributed by atoms with van der Waals surface area (Å²) in [6.45, 7) is 4.53. The first-order valence-corrected chi connectivity index (χ1v) is 7.45. The second-order valence-corrected chi connectivity index (χ2v) is 6.32. The first kappa shape index (κ1) is 12.4. The first-order chi connectivity index (χ1) is 7.75. The van der Waals surface area contributed by atoms with E-state index in [4.69, 9.17) is 11.6 Å². The molecule has 1 aromatic rings. The van der Waals surface area contributed by atoms with Gasteiger partial charge in [0, 0.05) is 16.8 Å². The molecule has 0 aliphatic heterocycles. The Kier molecular flexibility index (Phi) is 4.68. The van der Waals surface area contributed by atoms with Crippen LogP contribution in [0.2, 0.25) is 5.02 Å². The van der Waals surface area contributed by atoms with E-state index >= 15 is 0 Å². The summed E-state index contributed by atoms with van der Waals surface area (Å²) in [5.41, 5.74) is 0. The Labute approximate surface area is 107 Å². The van der Waals surface area contributed by atoms with E-state index in [1.54, 1.807) is 11.3 Å². The van der Waals surface area contributed by atoms with Crippen molar-refractivity contribution in [3.05, 3.63) is 21.3 Å². The van der Waals surface area contributed by atoms with E-state index in [-0.39, 0.29) is 0 Å². The van der Waals surface area contributed by atoms with Gasteiger partial charge in [0.25, 0.3) is 0 Å². The minimum atomic E-state index is 0.868. The average molecular weight is 258 g/mol. The van der Waals surface area contributed by atoms with Crippen molar-refractivity contribution in [1.29, 1.82) is 0 Å². The molecule has 0 aromatic carbocycles. The van der Waals surface area contributed by atoms with Crippen LogP contribution in [0.5, 0.6) is 0 Å². The average Bonchev–Trinajstić information content (AvgIpc) is 2.67. The molecule has 1 aliphatic rings. The fraction of sp³-hybridized carbons (Fsp3) is 0.692. The van der Waals surface area contributed by atoms with Crippen molar-refractivity contribution < 1.29 is 0 Å². The lowest BCUT2D eigenvalue weighted by atomic mass is 9.80. The Morgan fingerprint density at radius 2 is 2.25 bits per heavy atom. The van der Waals surface area contributed by atoms with Gasteiger partial charge in [0.2, 0.25) is 0 Å². The van der Waals surface area contributed by atoms with Crippen LogP contribution in [0.25, 0.3) is 0 Å². The molecule has 2 rings (SSSR count). The highest BCUT2D eigenvalue weighted by Crippen LogP contribution is 2.29. The fourth-order valence-electron chi connectivity index (χ4n) is 2.52. The molecule has 0 bridgehead atoms. The first-order valence-electron chi connectivity index (χ1n) is 6.19. The maximum absolute atomic E-state index is 5.89. The van der Waals surface area contributed by atoms with Crippen LogP contribution in [-0.4, -0.2) is 6.54 Å².